The molecular formula is C22H18ClFN4O2S. The van der Waals surface area contributed by atoms with E-state index in [1.165, 1.54) is 13.0 Å². The fourth-order valence-corrected chi connectivity index (χ4v) is 4.52. The molecule has 9 heteroatoms. The Labute approximate surface area is 184 Å². The zero-order valence-electron chi connectivity index (χ0n) is 16.6. The number of rotatable bonds is 5. The summed E-state index contributed by atoms with van der Waals surface area (Å²) >= 11 is 6.12. The van der Waals surface area contributed by atoms with Crippen LogP contribution in [0, 0.1) is 19.7 Å². The molecule has 158 valence electrons. The molecule has 6 nitrogen and oxygen atoms in total. The summed E-state index contributed by atoms with van der Waals surface area (Å²) in [7, 11) is -4.05. The molecule has 4 aromatic rings. The lowest BCUT2D eigenvalue weighted by atomic mass is 10.2. The summed E-state index contributed by atoms with van der Waals surface area (Å²) in [6.07, 6.45) is 0. The highest BCUT2D eigenvalue weighted by atomic mass is 35.5. The second-order valence-electron chi connectivity index (χ2n) is 7.01. The fourth-order valence-electron chi connectivity index (χ4n) is 3.11. The molecule has 2 N–H and O–H groups in total. The molecule has 0 saturated carbocycles. The average molecular weight is 457 g/mol. The molecule has 4 rings (SSSR count). The maximum absolute atomic E-state index is 13.5. The van der Waals surface area contributed by atoms with E-state index in [1.54, 1.807) is 30.3 Å². The lowest BCUT2D eigenvalue weighted by Crippen LogP contribution is -2.17. The third-order valence-corrected chi connectivity index (χ3v) is 6.42. The Morgan fingerprint density at radius 2 is 1.55 bits per heavy atom. The number of hydrogen-bond donors (Lipinski definition) is 2. The summed E-state index contributed by atoms with van der Waals surface area (Å²) in [4.78, 5) is 8.96. The van der Waals surface area contributed by atoms with Gasteiger partial charge in [-0.2, -0.15) is 0 Å². The van der Waals surface area contributed by atoms with Gasteiger partial charge in [0.05, 0.1) is 15.9 Å². The largest absolute Gasteiger partial charge is 0.337 e. The van der Waals surface area contributed by atoms with E-state index in [0.717, 1.165) is 17.7 Å². The Balaban J connectivity index is 1.82. The number of aryl methyl sites for hydroxylation is 2. The SMILES string of the molecule is Cc1ccc(Cl)cc1Nc1nc2ccccc2nc1NS(=O)(=O)c1ccc(F)cc1C. The Hall–Kier alpha value is -3.23. The van der Waals surface area contributed by atoms with Crippen LogP contribution in [0.3, 0.4) is 0 Å². The van der Waals surface area contributed by atoms with Crippen molar-refractivity contribution < 1.29 is 12.8 Å². The molecule has 0 fully saturated rings. The number of hydrogen-bond acceptors (Lipinski definition) is 5. The number of nitrogens with zero attached hydrogens (tertiary/aromatic N) is 2. The van der Waals surface area contributed by atoms with Crippen molar-refractivity contribution >= 4 is 50.0 Å². The van der Waals surface area contributed by atoms with Gasteiger partial charge in [-0.1, -0.05) is 29.8 Å². The van der Waals surface area contributed by atoms with E-state index in [9.17, 15) is 12.8 Å². The topological polar surface area (TPSA) is 84.0 Å². The normalized spacial score (nSPS) is 11.5. The molecule has 0 unspecified atom stereocenters. The zero-order valence-corrected chi connectivity index (χ0v) is 18.2. The van der Waals surface area contributed by atoms with Crippen LogP contribution >= 0.6 is 11.6 Å². The highest BCUT2D eigenvalue weighted by molar-refractivity contribution is 7.92. The van der Waals surface area contributed by atoms with E-state index in [4.69, 9.17) is 11.6 Å². The average Bonchev–Trinajstić information content (AvgIpc) is 2.70. The van der Waals surface area contributed by atoms with Crippen molar-refractivity contribution in [3.8, 4) is 0 Å². The first-order chi connectivity index (χ1) is 14.7. The summed E-state index contributed by atoms with van der Waals surface area (Å²) in [5.74, 6) is -0.282. The lowest BCUT2D eigenvalue weighted by molar-refractivity contribution is 0.598. The number of aromatic nitrogens is 2. The third-order valence-electron chi connectivity index (χ3n) is 4.68. The van der Waals surface area contributed by atoms with E-state index in [1.807, 2.05) is 19.1 Å². The number of nitrogens with one attached hydrogen (secondary N) is 2. The third kappa shape index (κ3) is 4.45. The molecular weight excluding hydrogens is 439 g/mol. The summed E-state index contributed by atoms with van der Waals surface area (Å²) in [6.45, 7) is 3.41. The molecule has 0 atom stereocenters. The van der Waals surface area contributed by atoms with Crippen molar-refractivity contribution in [3.05, 3.63) is 82.6 Å². The first kappa shape index (κ1) is 21.0. The van der Waals surface area contributed by atoms with Crippen molar-refractivity contribution in [3.63, 3.8) is 0 Å². The minimum atomic E-state index is -4.05. The van der Waals surface area contributed by atoms with E-state index in [0.29, 0.717) is 21.7 Å². The standard InChI is InChI=1S/C22H18ClFN4O2S/c1-13-7-8-15(23)12-19(13)27-21-22(26-18-6-4-3-5-17(18)25-21)28-31(29,30)20-10-9-16(24)11-14(20)2/h3-12H,1-2H3,(H,25,27)(H,26,28). The van der Waals surface area contributed by atoms with Gasteiger partial charge in [0.1, 0.15) is 5.82 Å². The van der Waals surface area contributed by atoms with Crippen LogP contribution < -0.4 is 10.0 Å². The summed E-state index contributed by atoms with van der Waals surface area (Å²) < 4.78 is 42.0. The van der Waals surface area contributed by atoms with Crippen LogP contribution in [0.4, 0.5) is 21.7 Å². The second kappa shape index (κ2) is 8.13. The summed E-state index contributed by atoms with van der Waals surface area (Å²) in [5, 5.41) is 3.65. The van der Waals surface area contributed by atoms with Crippen LogP contribution in [0.25, 0.3) is 11.0 Å². The molecule has 3 aromatic carbocycles. The van der Waals surface area contributed by atoms with Crippen LogP contribution in [0.2, 0.25) is 5.02 Å². The van der Waals surface area contributed by atoms with Crippen molar-refractivity contribution in [1.82, 2.24) is 9.97 Å². The van der Waals surface area contributed by atoms with Gasteiger partial charge in [-0.15, -0.1) is 0 Å². The highest BCUT2D eigenvalue weighted by Gasteiger charge is 2.21. The summed E-state index contributed by atoms with van der Waals surface area (Å²) in [6, 6.07) is 15.9. The predicted octanol–water partition coefficient (Wildman–Crippen LogP) is 5.58. The van der Waals surface area contributed by atoms with Gasteiger partial charge in [0.2, 0.25) is 0 Å². The lowest BCUT2D eigenvalue weighted by Gasteiger charge is -2.16. The predicted molar refractivity (Wildman–Crippen MR) is 121 cm³/mol. The maximum atomic E-state index is 13.5. The molecule has 0 radical (unpaired) electrons. The van der Waals surface area contributed by atoms with E-state index in [-0.39, 0.29) is 22.1 Å². The van der Waals surface area contributed by atoms with Crippen LogP contribution in [-0.4, -0.2) is 18.4 Å². The fraction of sp³-hybridized carbons (Fsp3) is 0.0909. The van der Waals surface area contributed by atoms with Crippen molar-refractivity contribution in [1.29, 1.82) is 0 Å². The van der Waals surface area contributed by atoms with Gasteiger partial charge >= 0.3 is 0 Å². The Kier molecular flexibility index (Phi) is 5.51. The molecule has 0 spiro atoms. The molecule has 0 bridgehead atoms. The second-order valence-corrected chi connectivity index (χ2v) is 9.10. The number of para-hydroxylation sites is 2. The number of sulfonamides is 1. The molecule has 0 aliphatic rings. The van der Waals surface area contributed by atoms with Crippen LogP contribution in [0.5, 0.6) is 0 Å². The molecule has 0 aliphatic carbocycles. The number of anilines is 3. The Morgan fingerprint density at radius 1 is 0.871 bits per heavy atom. The van der Waals surface area contributed by atoms with Crippen molar-refractivity contribution in [2.45, 2.75) is 18.7 Å². The van der Waals surface area contributed by atoms with Gasteiger partial charge in [-0.05, 0) is 67.4 Å². The maximum Gasteiger partial charge on any atom is 0.263 e. The van der Waals surface area contributed by atoms with Gasteiger partial charge in [-0.3, -0.25) is 4.72 Å². The van der Waals surface area contributed by atoms with E-state index >= 15 is 0 Å². The van der Waals surface area contributed by atoms with E-state index < -0.39 is 15.8 Å². The highest BCUT2D eigenvalue weighted by Crippen LogP contribution is 2.30. The van der Waals surface area contributed by atoms with Gasteiger partial charge in [0, 0.05) is 10.7 Å². The number of fused-ring (bicyclic) bond motifs is 1. The van der Waals surface area contributed by atoms with E-state index in [2.05, 4.69) is 20.0 Å². The van der Waals surface area contributed by atoms with Crippen molar-refractivity contribution in [2.24, 2.45) is 0 Å². The number of halogens is 2. The molecule has 1 aromatic heterocycles. The quantitative estimate of drug-likeness (QED) is 0.409. The Bertz CT molecular complexity index is 1410. The number of benzene rings is 3. The van der Waals surface area contributed by atoms with Crippen molar-refractivity contribution in [2.75, 3.05) is 10.0 Å². The molecule has 0 saturated heterocycles. The van der Waals surface area contributed by atoms with Gasteiger partial charge in [0.25, 0.3) is 10.0 Å². The first-order valence-electron chi connectivity index (χ1n) is 9.32. The molecule has 0 amide bonds. The minimum absolute atomic E-state index is 0.0156. The van der Waals surface area contributed by atoms with Crippen LogP contribution in [0.15, 0.2) is 65.6 Å². The zero-order chi connectivity index (χ0) is 22.2. The smallest absolute Gasteiger partial charge is 0.263 e. The summed E-state index contributed by atoms with van der Waals surface area (Å²) in [5.41, 5.74) is 2.94. The first-order valence-corrected chi connectivity index (χ1v) is 11.2. The monoisotopic (exact) mass is 456 g/mol. The molecule has 1 heterocycles. The molecule has 31 heavy (non-hydrogen) atoms. The van der Waals surface area contributed by atoms with Gasteiger partial charge in [0.15, 0.2) is 11.6 Å². The van der Waals surface area contributed by atoms with Gasteiger partial charge in [-0.25, -0.2) is 22.8 Å². The van der Waals surface area contributed by atoms with Crippen LogP contribution in [-0.2, 0) is 10.0 Å². The minimum Gasteiger partial charge on any atom is -0.337 e. The van der Waals surface area contributed by atoms with Gasteiger partial charge < -0.3 is 5.32 Å². The van der Waals surface area contributed by atoms with Crippen LogP contribution in [0.1, 0.15) is 11.1 Å². The molecule has 0 aliphatic heterocycles. The Morgan fingerprint density at radius 3 is 2.23 bits per heavy atom.